The van der Waals surface area contributed by atoms with E-state index in [-0.39, 0.29) is 13.2 Å². The lowest BCUT2D eigenvalue weighted by Gasteiger charge is -2.21. The highest BCUT2D eigenvalue weighted by atomic mass is 127. The van der Waals surface area contributed by atoms with Gasteiger partial charge in [0, 0.05) is 9.13 Å². The van der Waals surface area contributed by atoms with Crippen LogP contribution in [-0.2, 0) is 20.9 Å². The quantitative estimate of drug-likeness (QED) is 0.561. The molecule has 1 atom stereocenters. The van der Waals surface area contributed by atoms with E-state index >= 15 is 0 Å². The summed E-state index contributed by atoms with van der Waals surface area (Å²) in [7, 11) is 0. The van der Waals surface area contributed by atoms with Crippen LogP contribution in [0.3, 0.4) is 0 Å². The second-order valence-corrected chi connectivity index (χ2v) is 6.31. The summed E-state index contributed by atoms with van der Waals surface area (Å²) in [6.45, 7) is 0.0497. The first kappa shape index (κ1) is 15.8. The van der Waals surface area contributed by atoms with E-state index in [4.69, 9.17) is 9.47 Å². The van der Waals surface area contributed by atoms with Crippen LogP contribution in [0.4, 0.5) is 4.79 Å². The maximum Gasteiger partial charge on any atom is 0.413 e. The van der Waals surface area contributed by atoms with Gasteiger partial charge in [-0.25, -0.2) is 4.79 Å². The highest BCUT2D eigenvalue weighted by Crippen LogP contribution is 2.28. The van der Waals surface area contributed by atoms with Gasteiger partial charge in [-0.3, -0.25) is 9.69 Å². The van der Waals surface area contributed by atoms with Crippen LogP contribution in [0.5, 0.6) is 0 Å². The van der Waals surface area contributed by atoms with Crippen molar-refractivity contribution in [2.45, 2.75) is 12.8 Å². The molecular weight excluding hydrogens is 409 g/mol. The first-order valence-corrected chi connectivity index (χ1v) is 8.13. The van der Waals surface area contributed by atoms with Crippen molar-refractivity contribution in [3.63, 3.8) is 0 Å². The Morgan fingerprint density at radius 3 is 2.57 bits per heavy atom. The predicted molar refractivity (Wildman–Crippen MR) is 91.3 cm³/mol. The summed E-state index contributed by atoms with van der Waals surface area (Å²) in [5, 5.41) is 0. The molecule has 2 aromatic rings. The van der Waals surface area contributed by atoms with E-state index < -0.39 is 18.3 Å². The van der Waals surface area contributed by atoms with Gasteiger partial charge in [0.05, 0.1) is 0 Å². The van der Waals surface area contributed by atoms with Gasteiger partial charge in [0.15, 0.2) is 0 Å². The Balaban J connectivity index is 1.70. The normalized spacial score (nSPS) is 17.0. The molecule has 3 rings (SSSR count). The van der Waals surface area contributed by atoms with Crippen molar-refractivity contribution in [2.75, 3.05) is 6.54 Å². The SMILES string of the molecule is O=C1CN(C(=O)OCc2ccccc2)[C@H](c2ccc(I)cc2)O1. The number of carbonyl (C=O) groups is 2. The molecule has 0 saturated carbocycles. The van der Waals surface area contributed by atoms with E-state index in [1.54, 1.807) is 0 Å². The smallest absolute Gasteiger partial charge is 0.413 e. The Morgan fingerprint density at radius 2 is 1.87 bits per heavy atom. The number of cyclic esters (lactones) is 1. The van der Waals surface area contributed by atoms with Crippen molar-refractivity contribution in [3.8, 4) is 0 Å². The zero-order valence-electron chi connectivity index (χ0n) is 12.1. The van der Waals surface area contributed by atoms with Gasteiger partial charge in [0.1, 0.15) is 13.2 Å². The van der Waals surface area contributed by atoms with E-state index in [0.29, 0.717) is 0 Å². The summed E-state index contributed by atoms with van der Waals surface area (Å²) < 4.78 is 11.6. The number of amides is 1. The lowest BCUT2D eigenvalue weighted by atomic mass is 10.2. The Kier molecular flexibility index (Phi) is 4.80. The zero-order valence-corrected chi connectivity index (χ0v) is 14.3. The van der Waals surface area contributed by atoms with Gasteiger partial charge < -0.3 is 9.47 Å². The van der Waals surface area contributed by atoms with Crippen LogP contribution in [0.2, 0.25) is 0 Å². The molecule has 1 heterocycles. The Morgan fingerprint density at radius 1 is 1.17 bits per heavy atom. The summed E-state index contributed by atoms with van der Waals surface area (Å²) in [6.07, 6.45) is -1.30. The number of benzene rings is 2. The van der Waals surface area contributed by atoms with Crippen molar-refractivity contribution in [1.82, 2.24) is 4.90 Å². The van der Waals surface area contributed by atoms with Gasteiger partial charge >= 0.3 is 12.1 Å². The maximum absolute atomic E-state index is 12.3. The number of hydrogen-bond acceptors (Lipinski definition) is 4. The minimum absolute atomic E-state index is 0.107. The number of carbonyl (C=O) groups excluding carboxylic acids is 2. The monoisotopic (exact) mass is 423 g/mol. The van der Waals surface area contributed by atoms with Crippen LogP contribution >= 0.6 is 22.6 Å². The molecule has 0 bridgehead atoms. The van der Waals surface area contributed by atoms with Crippen LogP contribution in [0.25, 0.3) is 0 Å². The lowest BCUT2D eigenvalue weighted by Crippen LogP contribution is -2.32. The van der Waals surface area contributed by atoms with Gasteiger partial charge in [0.2, 0.25) is 6.23 Å². The Bertz CT molecular complexity index is 702. The third kappa shape index (κ3) is 3.82. The summed E-state index contributed by atoms with van der Waals surface area (Å²) in [5.41, 5.74) is 1.63. The number of halogens is 1. The van der Waals surface area contributed by atoms with Crippen molar-refractivity contribution >= 4 is 34.7 Å². The molecule has 0 aliphatic carbocycles. The van der Waals surface area contributed by atoms with Crippen molar-refractivity contribution < 1.29 is 19.1 Å². The number of ether oxygens (including phenoxy) is 2. The average molecular weight is 423 g/mol. The van der Waals surface area contributed by atoms with E-state index in [0.717, 1.165) is 14.7 Å². The molecule has 1 amide bonds. The molecule has 118 valence electrons. The third-order valence-electron chi connectivity index (χ3n) is 3.42. The fourth-order valence-electron chi connectivity index (χ4n) is 2.29. The number of rotatable bonds is 3. The molecule has 0 spiro atoms. The molecule has 0 aromatic heterocycles. The topological polar surface area (TPSA) is 55.8 Å². The minimum Gasteiger partial charge on any atom is -0.444 e. The lowest BCUT2D eigenvalue weighted by molar-refractivity contribution is -0.141. The number of nitrogens with zero attached hydrogens (tertiary/aromatic N) is 1. The van der Waals surface area contributed by atoms with E-state index in [2.05, 4.69) is 22.6 Å². The van der Waals surface area contributed by atoms with E-state index in [1.165, 1.54) is 4.90 Å². The first-order valence-electron chi connectivity index (χ1n) is 7.06. The fourth-order valence-corrected chi connectivity index (χ4v) is 2.64. The van der Waals surface area contributed by atoms with Crippen molar-refractivity contribution in [2.24, 2.45) is 0 Å². The molecule has 1 aliphatic heterocycles. The molecular formula is C17H14INO4. The Hall–Kier alpha value is -2.09. The number of esters is 1. The summed E-state index contributed by atoms with van der Waals surface area (Å²) in [4.78, 5) is 25.2. The van der Waals surface area contributed by atoms with Crippen LogP contribution in [0.1, 0.15) is 17.4 Å². The van der Waals surface area contributed by atoms with Crippen LogP contribution in [0, 0.1) is 3.57 Å². The second-order valence-electron chi connectivity index (χ2n) is 5.06. The first-order chi connectivity index (χ1) is 11.1. The van der Waals surface area contributed by atoms with Crippen molar-refractivity contribution in [3.05, 3.63) is 69.3 Å². The molecule has 0 radical (unpaired) electrons. The highest BCUT2D eigenvalue weighted by molar-refractivity contribution is 14.1. The highest BCUT2D eigenvalue weighted by Gasteiger charge is 2.37. The van der Waals surface area contributed by atoms with Gasteiger partial charge in [-0.1, -0.05) is 42.5 Å². The van der Waals surface area contributed by atoms with Crippen molar-refractivity contribution in [1.29, 1.82) is 0 Å². The van der Waals surface area contributed by atoms with E-state index in [1.807, 2.05) is 54.6 Å². The molecule has 0 unspecified atom stereocenters. The maximum atomic E-state index is 12.3. The van der Waals surface area contributed by atoms with Crippen LogP contribution in [0.15, 0.2) is 54.6 Å². The Labute approximate surface area is 147 Å². The summed E-state index contributed by atoms with van der Waals surface area (Å²) in [5.74, 6) is -0.440. The molecule has 6 heteroatoms. The van der Waals surface area contributed by atoms with Crippen LogP contribution < -0.4 is 0 Å². The minimum atomic E-state index is -0.734. The molecule has 0 N–H and O–H groups in total. The number of hydrogen-bond donors (Lipinski definition) is 0. The van der Waals surface area contributed by atoms with Crippen LogP contribution in [-0.4, -0.2) is 23.5 Å². The predicted octanol–water partition coefficient (Wildman–Crippen LogP) is 3.49. The fraction of sp³-hybridized carbons (Fsp3) is 0.176. The molecule has 5 nitrogen and oxygen atoms in total. The second kappa shape index (κ2) is 6.99. The zero-order chi connectivity index (χ0) is 16.2. The molecule has 2 aromatic carbocycles. The summed E-state index contributed by atoms with van der Waals surface area (Å²) >= 11 is 2.19. The third-order valence-corrected chi connectivity index (χ3v) is 4.14. The van der Waals surface area contributed by atoms with Gasteiger partial charge in [-0.15, -0.1) is 0 Å². The summed E-state index contributed by atoms with van der Waals surface area (Å²) in [6, 6.07) is 16.9. The van der Waals surface area contributed by atoms with Gasteiger partial charge in [-0.2, -0.15) is 0 Å². The molecule has 1 fully saturated rings. The standard InChI is InChI=1S/C17H14INO4/c18-14-8-6-13(7-9-14)16-19(10-15(20)23-16)17(21)22-11-12-4-2-1-3-5-12/h1-9,16H,10-11H2/t16-/m0/s1. The molecule has 23 heavy (non-hydrogen) atoms. The molecule has 1 saturated heterocycles. The average Bonchev–Trinajstić information content (AvgIpc) is 2.96. The van der Waals surface area contributed by atoms with E-state index in [9.17, 15) is 9.59 Å². The molecule has 1 aliphatic rings. The van der Waals surface area contributed by atoms with Gasteiger partial charge in [0.25, 0.3) is 0 Å². The largest absolute Gasteiger partial charge is 0.444 e. The van der Waals surface area contributed by atoms with Gasteiger partial charge in [-0.05, 0) is 40.3 Å².